The first kappa shape index (κ1) is 26.0. The third-order valence-electron chi connectivity index (χ3n) is 6.32. The molecule has 1 saturated heterocycles. The number of hydrogen-bond acceptors (Lipinski definition) is 7. The third-order valence-corrected chi connectivity index (χ3v) is 8.14. The highest BCUT2D eigenvalue weighted by Gasteiger charge is 2.61. The number of carbonyl (C=O) groups is 4. The monoisotopic (exact) mass is 498 g/mol. The van der Waals surface area contributed by atoms with Crippen molar-refractivity contribution >= 4 is 33.8 Å². The predicted molar refractivity (Wildman–Crippen MR) is 123 cm³/mol. The van der Waals surface area contributed by atoms with Gasteiger partial charge in [0.2, 0.25) is 21.8 Å². The topological polar surface area (TPSA) is 151 Å². The van der Waals surface area contributed by atoms with Crippen LogP contribution >= 0.6 is 0 Å². The number of nitrogens with one attached hydrogen (secondary N) is 3. The van der Waals surface area contributed by atoms with Crippen molar-refractivity contribution in [2.45, 2.75) is 75.8 Å². The molecule has 3 fully saturated rings. The summed E-state index contributed by atoms with van der Waals surface area (Å²) in [6.07, 6.45) is 2.56. The van der Waals surface area contributed by atoms with E-state index in [9.17, 15) is 27.6 Å². The Morgan fingerprint density at radius 2 is 1.82 bits per heavy atom. The number of ether oxygens (including phenoxy) is 1. The second-order valence-electron chi connectivity index (χ2n) is 10.3. The Balaban J connectivity index is 1.66. The molecule has 2 saturated carbocycles. The van der Waals surface area contributed by atoms with Gasteiger partial charge < -0.3 is 20.3 Å². The van der Waals surface area contributed by atoms with Gasteiger partial charge in [-0.2, -0.15) is 0 Å². The molecule has 0 radical (unpaired) electrons. The second-order valence-corrected chi connectivity index (χ2v) is 12.3. The fraction of sp³-hybridized carbons (Fsp3) is 0.727. The Kier molecular flexibility index (Phi) is 7.03. The van der Waals surface area contributed by atoms with Gasteiger partial charge in [-0.1, -0.05) is 13.0 Å². The summed E-state index contributed by atoms with van der Waals surface area (Å²) in [6, 6.07) is -0.858. The molecule has 4 amide bonds. The summed E-state index contributed by atoms with van der Waals surface area (Å²) in [4.78, 5) is 52.2. The maximum atomic E-state index is 13.2. The lowest BCUT2D eigenvalue weighted by molar-refractivity contribution is -0.140. The standard InChI is InChI=1S/C22H34N4O7S/c1-6-14-11-22(14,19(29)25-34(31,32)15-7-8-15)24-18(28)17-13(2)9-10-26(17)16(27)12-23-20(30)33-21(3,4)5/h6,13-15,17H,1,7-12H2,2-5H3,(H,23,30)(H,24,28)(H,25,29)/t13-,14?,17?,22+/m0/s1. The van der Waals surface area contributed by atoms with E-state index in [0.717, 1.165) is 0 Å². The van der Waals surface area contributed by atoms with E-state index in [0.29, 0.717) is 25.8 Å². The summed E-state index contributed by atoms with van der Waals surface area (Å²) in [5.74, 6) is -2.39. The molecule has 3 aliphatic rings. The van der Waals surface area contributed by atoms with Gasteiger partial charge in [-0.25, -0.2) is 13.2 Å². The van der Waals surface area contributed by atoms with Crippen molar-refractivity contribution in [1.82, 2.24) is 20.3 Å². The van der Waals surface area contributed by atoms with Crippen molar-refractivity contribution in [2.75, 3.05) is 13.1 Å². The summed E-state index contributed by atoms with van der Waals surface area (Å²) in [5, 5.41) is 4.53. The minimum Gasteiger partial charge on any atom is -0.444 e. The Morgan fingerprint density at radius 1 is 1.18 bits per heavy atom. The summed E-state index contributed by atoms with van der Waals surface area (Å²) in [5.41, 5.74) is -2.13. The number of hydrogen-bond donors (Lipinski definition) is 3. The smallest absolute Gasteiger partial charge is 0.408 e. The Labute approximate surface area is 200 Å². The van der Waals surface area contributed by atoms with E-state index in [-0.39, 0.29) is 18.9 Å². The van der Waals surface area contributed by atoms with Gasteiger partial charge in [0.05, 0.1) is 5.25 Å². The van der Waals surface area contributed by atoms with Crippen LogP contribution < -0.4 is 15.4 Å². The van der Waals surface area contributed by atoms with Crippen LogP contribution in [-0.2, 0) is 29.1 Å². The van der Waals surface area contributed by atoms with Crippen LogP contribution in [0.1, 0.15) is 53.4 Å². The van der Waals surface area contributed by atoms with Crippen LogP contribution in [0.2, 0.25) is 0 Å². The van der Waals surface area contributed by atoms with Crippen molar-refractivity contribution in [3.05, 3.63) is 12.7 Å². The number of rotatable bonds is 8. The Hall–Kier alpha value is -2.63. The van der Waals surface area contributed by atoms with Crippen LogP contribution in [0.15, 0.2) is 12.7 Å². The summed E-state index contributed by atoms with van der Waals surface area (Å²) >= 11 is 0. The number of carbonyl (C=O) groups excluding carboxylic acids is 4. The number of alkyl carbamates (subject to hydrolysis) is 1. The van der Waals surface area contributed by atoms with Crippen LogP contribution in [-0.4, -0.2) is 72.7 Å². The van der Waals surface area contributed by atoms with E-state index in [1.54, 1.807) is 20.8 Å². The van der Waals surface area contributed by atoms with E-state index in [4.69, 9.17) is 4.74 Å². The molecule has 34 heavy (non-hydrogen) atoms. The first-order chi connectivity index (χ1) is 15.7. The average Bonchev–Trinajstić information content (AvgIpc) is 3.62. The SMILES string of the molecule is C=CC1C[C@]1(NC(=O)C1[C@@H](C)CCN1C(=O)CNC(=O)OC(C)(C)C)C(=O)NS(=O)(=O)C1CC1. The molecule has 1 aliphatic heterocycles. The first-order valence-electron chi connectivity index (χ1n) is 11.5. The molecule has 2 aliphatic carbocycles. The molecule has 11 nitrogen and oxygen atoms in total. The second kappa shape index (κ2) is 9.20. The van der Waals surface area contributed by atoms with Crippen molar-refractivity contribution in [1.29, 1.82) is 0 Å². The Morgan fingerprint density at radius 3 is 2.35 bits per heavy atom. The minimum absolute atomic E-state index is 0.193. The maximum Gasteiger partial charge on any atom is 0.408 e. The molecule has 12 heteroatoms. The molecule has 3 rings (SSSR count). The minimum atomic E-state index is -3.78. The molecule has 1 heterocycles. The van der Waals surface area contributed by atoms with E-state index < -0.39 is 62.2 Å². The zero-order valence-corrected chi connectivity index (χ0v) is 20.9. The van der Waals surface area contributed by atoms with E-state index >= 15 is 0 Å². The number of sulfonamides is 1. The Bertz CT molecular complexity index is 986. The molecular weight excluding hydrogens is 464 g/mol. The van der Waals surface area contributed by atoms with E-state index in [1.165, 1.54) is 11.0 Å². The molecule has 0 bridgehead atoms. The van der Waals surface area contributed by atoms with Crippen molar-refractivity contribution in [3.63, 3.8) is 0 Å². The van der Waals surface area contributed by atoms with Crippen LogP contribution in [0.4, 0.5) is 4.79 Å². The zero-order valence-electron chi connectivity index (χ0n) is 20.0. The van der Waals surface area contributed by atoms with Gasteiger partial charge in [0.1, 0.15) is 23.7 Å². The fourth-order valence-electron chi connectivity index (χ4n) is 4.20. The molecule has 0 aromatic heterocycles. The number of nitrogens with zero attached hydrogens (tertiary/aromatic N) is 1. The van der Waals surface area contributed by atoms with Gasteiger partial charge in [0.25, 0.3) is 5.91 Å². The molecule has 4 atom stereocenters. The van der Waals surface area contributed by atoms with Crippen LogP contribution in [0.25, 0.3) is 0 Å². The van der Waals surface area contributed by atoms with Gasteiger partial charge in [-0.15, -0.1) is 6.58 Å². The third kappa shape index (κ3) is 5.70. The molecule has 0 spiro atoms. The van der Waals surface area contributed by atoms with E-state index in [1.807, 2.05) is 6.92 Å². The maximum absolute atomic E-state index is 13.2. The van der Waals surface area contributed by atoms with Crippen molar-refractivity contribution in [2.24, 2.45) is 11.8 Å². The zero-order chi connectivity index (χ0) is 25.5. The van der Waals surface area contributed by atoms with Gasteiger partial charge in [0, 0.05) is 12.5 Å². The quantitative estimate of drug-likeness (QED) is 0.410. The lowest BCUT2D eigenvalue weighted by Crippen LogP contribution is -2.58. The molecule has 0 aromatic rings. The lowest BCUT2D eigenvalue weighted by atomic mass is 10.0. The van der Waals surface area contributed by atoms with Gasteiger partial charge in [-0.05, 0) is 52.4 Å². The molecule has 3 N–H and O–H groups in total. The molecule has 2 unspecified atom stereocenters. The molecule has 0 aromatic carbocycles. The van der Waals surface area contributed by atoms with Crippen molar-refractivity contribution < 1.29 is 32.3 Å². The summed E-state index contributed by atoms with van der Waals surface area (Å²) in [7, 11) is -3.78. The first-order valence-corrected chi connectivity index (χ1v) is 13.0. The van der Waals surface area contributed by atoms with Crippen molar-refractivity contribution in [3.8, 4) is 0 Å². The van der Waals surface area contributed by atoms with E-state index in [2.05, 4.69) is 21.9 Å². The average molecular weight is 499 g/mol. The predicted octanol–water partition coefficient (Wildman–Crippen LogP) is 0.417. The van der Waals surface area contributed by atoms with Crippen LogP contribution in [0, 0.1) is 11.8 Å². The molecule has 190 valence electrons. The molecular formula is C22H34N4O7S. The van der Waals surface area contributed by atoms with Gasteiger partial charge >= 0.3 is 6.09 Å². The van der Waals surface area contributed by atoms with Crippen LogP contribution in [0.3, 0.4) is 0 Å². The van der Waals surface area contributed by atoms with Crippen LogP contribution in [0.5, 0.6) is 0 Å². The normalized spacial score (nSPS) is 28.6. The largest absolute Gasteiger partial charge is 0.444 e. The number of likely N-dealkylation sites (tertiary alicyclic amines) is 1. The highest BCUT2D eigenvalue weighted by atomic mass is 32.2. The summed E-state index contributed by atoms with van der Waals surface area (Å²) < 4.78 is 31.7. The van der Waals surface area contributed by atoms with Gasteiger partial charge in [0.15, 0.2) is 0 Å². The summed E-state index contributed by atoms with van der Waals surface area (Å²) in [6.45, 7) is 10.6. The lowest BCUT2D eigenvalue weighted by Gasteiger charge is -2.29. The number of amides is 4. The highest BCUT2D eigenvalue weighted by molar-refractivity contribution is 7.91. The van der Waals surface area contributed by atoms with Gasteiger partial charge in [-0.3, -0.25) is 19.1 Å². The fourth-order valence-corrected chi connectivity index (χ4v) is 5.56. The highest BCUT2D eigenvalue weighted by Crippen LogP contribution is 2.45.